The SMILES string of the molecule is COc1ccc(NC(=O)NC2(C(=O)O)CCCC2)cn1. The van der Waals surface area contributed by atoms with E-state index in [0.717, 1.165) is 12.8 Å². The van der Waals surface area contributed by atoms with E-state index >= 15 is 0 Å². The van der Waals surface area contributed by atoms with Gasteiger partial charge in [0.1, 0.15) is 5.54 Å². The third-order valence-corrected chi connectivity index (χ3v) is 3.42. The van der Waals surface area contributed by atoms with Crippen molar-refractivity contribution in [1.29, 1.82) is 0 Å². The van der Waals surface area contributed by atoms with Crippen molar-refractivity contribution < 1.29 is 19.4 Å². The molecule has 1 heterocycles. The zero-order valence-corrected chi connectivity index (χ0v) is 11.2. The number of hydrogen-bond acceptors (Lipinski definition) is 4. The Morgan fingerprint density at radius 2 is 2.05 bits per heavy atom. The molecule has 0 spiro atoms. The molecule has 1 aromatic heterocycles. The van der Waals surface area contributed by atoms with Crippen molar-refractivity contribution in [2.75, 3.05) is 12.4 Å². The van der Waals surface area contributed by atoms with Crippen LogP contribution in [0.3, 0.4) is 0 Å². The van der Waals surface area contributed by atoms with Crippen LogP contribution in [0, 0.1) is 0 Å². The molecule has 1 saturated carbocycles. The van der Waals surface area contributed by atoms with Crippen LogP contribution in [-0.4, -0.2) is 34.7 Å². The number of carboxylic acids is 1. The van der Waals surface area contributed by atoms with Gasteiger partial charge in [0.15, 0.2) is 0 Å². The molecule has 20 heavy (non-hydrogen) atoms. The number of nitrogens with one attached hydrogen (secondary N) is 2. The molecule has 0 unspecified atom stereocenters. The molecule has 2 amide bonds. The molecule has 0 saturated heterocycles. The summed E-state index contributed by atoms with van der Waals surface area (Å²) in [5, 5.41) is 14.4. The number of carbonyl (C=O) groups is 2. The second-order valence-corrected chi connectivity index (χ2v) is 4.76. The van der Waals surface area contributed by atoms with Crippen molar-refractivity contribution in [3.63, 3.8) is 0 Å². The highest BCUT2D eigenvalue weighted by atomic mass is 16.5. The Balaban J connectivity index is 1.99. The van der Waals surface area contributed by atoms with Crippen molar-refractivity contribution in [3.05, 3.63) is 18.3 Å². The second-order valence-electron chi connectivity index (χ2n) is 4.76. The Hall–Kier alpha value is -2.31. The number of methoxy groups -OCH3 is 1. The van der Waals surface area contributed by atoms with Crippen LogP contribution in [0.2, 0.25) is 0 Å². The first kappa shape index (κ1) is 14.1. The molecule has 108 valence electrons. The number of carboxylic acid groups (broad SMARTS) is 1. The Morgan fingerprint density at radius 3 is 2.55 bits per heavy atom. The molecule has 0 aromatic carbocycles. The molecule has 0 atom stereocenters. The average molecular weight is 279 g/mol. The Bertz CT molecular complexity index is 495. The molecule has 3 N–H and O–H groups in total. The van der Waals surface area contributed by atoms with E-state index in [1.807, 2.05) is 0 Å². The first-order chi connectivity index (χ1) is 9.55. The molecule has 1 aliphatic rings. The van der Waals surface area contributed by atoms with Crippen molar-refractivity contribution in [1.82, 2.24) is 10.3 Å². The minimum Gasteiger partial charge on any atom is -0.481 e. The highest BCUT2D eigenvalue weighted by Gasteiger charge is 2.42. The first-order valence-corrected chi connectivity index (χ1v) is 6.38. The van der Waals surface area contributed by atoms with E-state index in [9.17, 15) is 14.7 Å². The van der Waals surface area contributed by atoms with E-state index in [1.54, 1.807) is 12.1 Å². The summed E-state index contributed by atoms with van der Waals surface area (Å²) in [6.45, 7) is 0. The number of anilines is 1. The van der Waals surface area contributed by atoms with Gasteiger partial charge in [-0.2, -0.15) is 0 Å². The molecule has 2 rings (SSSR count). The van der Waals surface area contributed by atoms with Gasteiger partial charge in [-0.3, -0.25) is 0 Å². The van der Waals surface area contributed by atoms with Gasteiger partial charge in [0.25, 0.3) is 0 Å². The molecule has 7 heteroatoms. The van der Waals surface area contributed by atoms with Gasteiger partial charge in [-0.05, 0) is 18.9 Å². The number of ether oxygens (including phenoxy) is 1. The average Bonchev–Trinajstić information content (AvgIpc) is 2.89. The van der Waals surface area contributed by atoms with Crippen molar-refractivity contribution >= 4 is 17.7 Å². The van der Waals surface area contributed by atoms with Crippen LogP contribution < -0.4 is 15.4 Å². The monoisotopic (exact) mass is 279 g/mol. The van der Waals surface area contributed by atoms with E-state index in [2.05, 4.69) is 15.6 Å². The van der Waals surface area contributed by atoms with Gasteiger partial charge in [-0.25, -0.2) is 14.6 Å². The number of pyridine rings is 1. The van der Waals surface area contributed by atoms with E-state index < -0.39 is 17.5 Å². The standard InChI is InChI=1S/C13H17N3O4/c1-20-10-5-4-9(8-14-10)15-12(19)16-13(11(17)18)6-2-3-7-13/h4-5,8H,2-3,6-7H2,1H3,(H,17,18)(H2,15,16,19). The number of amides is 2. The highest BCUT2D eigenvalue weighted by molar-refractivity contribution is 5.93. The number of nitrogens with zero attached hydrogens (tertiary/aromatic N) is 1. The number of aliphatic carboxylic acids is 1. The first-order valence-electron chi connectivity index (χ1n) is 6.38. The van der Waals surface area contributed by atoms with E-state index in [4.69, 9.17) is 4.74 Å². The Kier molecular flexibility index (Phi) is 4.07. The molecule has 7 nitrogen and oxygen atoms in total. The fraction of sp³-hybridized carbons (Fsp3) is 0.462. The fourth-order valence-corrected chi connectivity index (χ4v) is 2.33. The van der Waals surface area contributed by atoms with Gasteiger partial charge in [-0.15, -0.1) is 0 Å². The summed E-state index contributed by atoms with van der Waals surface area (Å²) in [6.07, 6.45) is 3.96. The maximum Gasteiger partial charge on any atom is 0.329 e. The summed E-state index contributed by atoms with van der Waals surface area (Å²) in [7, 11) is 1.50. The van der Waals surface area contributed by atoms with Crippen molar-refractivity contribution in [3.8, 4) is 5.88 Å². The molecule has 1 aromatic rings. The molecule has 1 fully saturated rings. The zero-order chi connectivity index (χ0) is 14.6. The van der Waals surface area contributed by atoms with Gasteiger partial charge >= 0.3 is 12.0 Å². The normalized spacial score (nSPS) is 16.4. The number of urea groups is 1. The lowest BCUT2D eigenvalue weighted by atomic mass is 9.98. The van der Waals surface area contributed by atoms with Crippen LogP contribution in [0.1, 0.15) is 25.7 Å². The predicted molar refractivity (Wildman–Crippen MR) is 71.8 cm³/mol. The Morgan fingerprint density at radius 1 is 1.35 bits per heavy atom. The fourth-order valence-electron chi connectivity index (χ4n) is 2.33. The zero-order valence-electron chi connectivity index (χ0n) is 11.2. The molecular weight excluding hydrogens is 262 g/mol. The molecular formula is C13H17N3O4. The molecule has 0 bridgehead atoms. The number of rotatable bonds is 4. The summed E-state index contributed by atoms with van der Waals surface area (Å²) in [6, 6.07) is 2.70. The number of aromatic nitrogens is 1. The third kappa shape index (κ3) is 2.98. The predicted octanol–water partition coefficient (Wildman–Crippen LogP) is 1.61. The smallest absolute Gasteiger partial charge is 0.329 e. The molecule has 0 radical (unpaired) electrons. The van der Waals surface area contributed by atoms with Crippen LogP contribution in [0.25, 0.3) is 0 Å². The minimum atomic E-state index is -1.15. The van der Waals surface area contributed by atoms with E-state index in [-0.39, 0.29) is 0 Å². The number of carbonyl (C=O) groups excluding carboxylic acids is 1. The lowest BCUT2D eigenvalue weighted by molar-refractivity contribution is -0.144. The Labute approximate surface area is 116 Å². The summed E-state index contributed by atoms with van der Waals surface area (Å²) < 4.78 is 4.91. The quantitative estimate of drug-likeness (QED) is 0.777. The van der Waals surface area contributed by atoms with Crippen molar-refractivity contribution in [2.45, 2.75) is 31.2 Å². The second kappa shape index (κ2) is 5.77. The van der Waals surface area contributed by atoms with E-state index in [1.165, 1.54) is 13.3 Å². The van der Waals surface area contributed by atoms with Gasteiger partial charge in [-0.1, -0.05) is 12.8 Å². The number of hydrogen-bond donors (Lipinski definition) is 3. The maximum atomic E-state index is 11.9. The summed E-state index contributed by atoms with van der Waals surface area (Å²) in [5.74, 6) is -0.549. The maximum absolute atomic E-state index is 11.9. The summed E-state index contributed by atoms with van der Waals surface area (Å²) >= 11 is 0. The van der Waals surface area contributed by atoms with Gasteiger partial charge < -0.3 is 20.5 Å². The summed E-state index contributed by atoms with van der Waals surface area (Å²) in [5.41, 5.74) is -0.675. The van der Waals surface area contributed by atoms with Crippen LogP contribution in [0.5, 0.6) is 5.88 Å². The largest absolute Gasteiger partial charge is 0.481 e. The lowest BCUT2D eigenvalue weighted by Gasteiger charge is -2.25. The van der Waals surface area contributed by atoms with Crippen molar-refractivity contribution in [2.24, 2.45) is 0 Å². The highest BCUT2D eigenvalue weighted by Crippen LogP contribution is 2.30. The van der Waals surface area contributed by atoms with Gasteiger partial charge in [0.05, 0.1) is 19.0 Å². The third-order valence-electron chi connectivity index (χ3n) is 3.42. The minimum absolute atomic E-state index is 0.439. The van der Waals surface area contributed by atoms with Crippen LogP contribution >= 0.6 is 0 Å². The molecule has 0 aliphatic heterocycles. The lowest BCUT2D eigenvalue weighted by Crippen LogP contribution is -2.53. The van der Waals surface area contributed by atoms with Gasteiger partial charge in [0.2, 0.25) is 5.88 Å². The van der Waals surface area contributed by atoms with Crippen LogP contribution in [0.4, 0.5) is 10.5 Å². The van der Waals surface area contributed by atoms with E-state index in [0.29, 0.717) is 24.4 Å². The van der Waals surface area contributed by atoms with Crippen LogP contribution in [-0.2, 0) is 4.79 Å². The molecule has 1 aliphatic carbocycles. The topological polar surface area (TPSA) is 101 Å². The van der Waals surface area contributed by atoms with Crippen LogP contribution in [0.15, 0.2) is 18.3 Å². The summed E-state index contributed by atoms with van der Waals surface area (Å²) in [4.78, 5) is 27.2. The van der Waals surface area contributed by atoms with Gasteiger partial charge in [0, 0.05) is 6.07 Å².